The maximum absolute atomic E-state index is 11.9. The molecule has 0 aliphatic carbocycles. The number of nitrogens with one attached hydrogen (secondary N) is 2. The predicted molar refractivity (Wildman–Crippen MR) is 69.8 cm³/mol. The third-order valence-electron chi connectivity index (χ3n) is 2.68. The number of H-pyrrole nitrogens is 1. The van der Waals surface area contributed by atoms with Crippen molar-refractivity contribution in [3.8, 4) is 0 Å². The van der Waals surface area contributed by atoms with E-state index in [1.807, 2.05) is 6.07 Å². The van der Waals surface area contributed by atoms with Crippen molar-refractivity contribution in [1.29, 1.82) is 0 Å². The lowest BCUT2D eigenvalue weighted by Crippen LogP contribution is -2.42. The lowest BCUT2D eigenvalue weighted by atomic mass is 10.1. The van der Waals surface area contributed by atoms with E-state index < -0.39 is 17.9 Å². The van der Waals surface area contributed by atoms with Crippen LogP contribution in [0.4, 0.5) is 5.82 Å². The first-order valence-corrected chi connectivity index (χ1v) is 5.81. The van der Waals surface area contributed by atoms with E-state index in [4.69, 9.17) is 10.8 Å². The van der Waals surface area contributed by atoms with Crippen LogP contribution in [0.3, 0.4) is 0 Å². The number of aromatic amines is 1. The molecule has 0 fully saturated rings. The van der Waals surface area contributed by atoms with Crippen LogP contribution >= 0.6 is 0 Å². The number of amides is 1. The Morgan fingerprint density at radius 2 is 2.00 bits per heavy atom. The molecule has 20 heavy (non-hydrogen) atoms. The molecule has 1 aromatic heterocycles. The van der Waals surface area contributed by atoms with Crippen LogP contribution in [0, 0.1) is 0 Å². The number of nitrogens with two attached hydrogens (primary N) is 1. The number of carboxylic acids is 1. The van der Waals surface area contributed by atoms with Gasteiger partial charge in [-0.25, -0.2) is 4.79 Å². The molecule has 8 heteroatoms. The molecule has 0 bridgehead atoms. The minimum atomic E-state index is -1.13. The summed E-state index contributed by atoms with van der Waals surface area (Å²) in [4.78, 5) is 23.1. The van der Waals surface area contributed by atoms with E-state index in [9.17, 15) is 9.59 Å². The zero-order valence-corrected chi connectivity index (χ0v) is 10.4. The van der Waals surface area contributed by atoms with Crippen molar-refractivity contribution in [3.05, 3.63) is 41.6 Å². The first-order chi connectivity index (χ1) is 9.58. The van der Waals surface area contributed by atoms with Crippen LogP contribution in [0.2, 0.25) is 0 Å². The highest BCUT2D eigenvalue weighted by molar-refractivity contribution is 5.98. The van der Waals surface area contributed by atoms with Gasteiger partial charge in [0.25, 0.3) is 5.91 Å². The number of nitrogens with zero attached hydrogens (tertiary/aromatic N) is 2. The van der Waals surface area contributed by atoms with Crippen molar-refractivity contribution >= 4 is 17.7 Å². The highest BCUT2D eigenvalue weighted by atomic mass is 16.4. The Morgan fingerprint density at radius 1 is 1.30 bits per heavy atom. The summed E-state index contributed by atoms with van der Waals surface area (Å²) >= 11 is 0. The van der Waals surface area contributed by atoms with Gasteiger partial charge in [0.05, 0.1) is 0 Å². The number of rotatable bonds is 5. The van der Waals surface area contributed by atoms with Gasteiger partial charge in [-0.3, -0.25) is 4.79 Å². The molecular formula is C12H13N5O3. The number of hydrogen-bond acceptors (Lipinski definition) is 5. The second-order valence-electron chi connectivity index (χ2n) is 4.11. The van der Waals surface area contributed by atoms with Gasteiger partial charge in [0, 0.05) is 6.42 Å². The molecule has 0 aliphatic rings. The Hall–Kier alpha value is -2.90. The highest BCUT2D eigenvalue weighted by Gasteiger charge is 2.23. The molecule has 5 N–H and O–H groups in total. The summed E-state index contributed by atoms with van der Waals surface area (Å²) in [5, 5.41) is 20.8. The number of nitrogen functional groups attached to an aromatic ring is 1. The number of aromatic nitrogens is 3. The maximum atomic E-state index is 11.9. The maximum Gasteiger partial charge on any atom is 0.326 e. The van der Waals surface area contributed by atoms with E-state index in [-0.39, 0.29) is 17.9 Å². The molecule has 1 atom stereocenters. The molecule has 2 aromatic rings. The molecule has 8 nitrogen and oxygen atoms in total. The molecule has 104 valence electrons. The number of carbonyl (C=O) groups is 2. The van der Waals surface area contributed by atoms with Crippen molar-refractivity contribution in [2.45, 2.75) is 12.5 Å². The molecule has 0 saturated heterocycles. The van der Waals surface area contributed by atoms with Crippen LogP contribution in [0.1, 0.15) is 16.1 Å². The zero-order chi connectivity index (χ0) is 14.5. The molecule has 1 heterocycles. The average molecular weight is 275 g/mol. The van der Waals surface area contributed by atoms with Gasteiger partial charge in [0.15, 0.2) is 11.5 Å². The van der Waals surface area contributed by atoms with Crippen LogP contribution in [-0.4, -0.2) is 38.4 Å². The van der Waals surface area contributed by atoms with E-state index in [1.54, 1.807) is 24.3 Å². The van der Waals surface area contributed by atoms with Crippen molar-refractivity contribution in [3.63, 3.8) is 0 Å². The summed E-state index contributed by atoms with van der Waals surface area (Å²) in [6, 6.07) is 7.92. The normalized spacial score (nSPS) is 11.8. The Kier molecular flexibility index (Phi) is 3.94. The summed E-state index contributed by atoms with van der Waals surface area (Å²) in [6.07, 6.45) is 0.166. The predicted octanol–water partition coefficient (Wildman–Crippen LogP) is -0.187. The Morgan fingerprint density at radius 3 is 2.55 bits per heavy atom. The third kappa shape index (κ3) is 3.10. The summed E-state index contributed by atoms with van der Waals surface area (Å²) in [5.74, 6) is -1.89. The Bertz CT molecular complexity index is 611. The lowest BCUT2D eigenvalue weighted by molar-refractivity contribution is -0.139. The van der Waals surface area contributed by atoms with Gasteiger partial charge in [-0.1, -0.05) is 30.3 Å². The number of aliphatic carboxylic acids is 1. The van der Waals surface area contributed by atoms with Gasteiger partial charge in [-0.05, 0) is 5.56 Å². The van der Waals surface area contributed by atoms with Gasteiger partial charge in [0.2, 0.25) is 0 Å². The van der Waals surface area contributed by atoms with Crippen molar-refractivity contribution in [1.82, 2.24) is 20.7 Å². The van der Waals surface area contributed by atoms with Crippen LogP contribution in [-0.2, 0) is 11.2 Å². The molecule has 1 amide bonds. The zero-order valence-electron chi connectivity index (χ0n) is 10.4. The average Bonchev–Trinajstić information content (AvgIpc) is 2.85. The van der Waals surface area contributed by atoms with Crippen molar-refractivity contribution < 1.29 is 14.7 Å². The molecule has 0 saturated carbocycles. The molecule has 0 spiro atoms. The minimum absolute atomic E-state index is 0.0775. The van der Waals surface area contributed by atoms with Gasteiger partial charge < -0.3 is 16.2 Å². The van der Waals surface area contributed by atoms with Crippen molar-refractivity contribution in [2.75, 3.05) is 5.73 Å². The highest BCUT2D eigenvalue weighted by Crippen LogP contribution is 2.06. The molecule has 2 rings (SSSR count). The summed E-state index contributed by atoms with van der Waals surface area (Å²) in [6.45, 7) is 0. The van der Waals surface area contributed by atoms with E-state index >= 15 is 0 Å². The van der Waals surface area contributed by atoms with Gasteiger partial charge in [-0.15, -0.1) is 10.2 Å². The fourth-order valence-corrected chi connectivity index (χ4v) is 1.68. The van der Waals surface area contributed by atoms with Crippen LogP contribution < -0.4 is 11.1 Å². The monoisotopic (exact) mass is 275 g/mol. The van der Waals surface area contributed by atoms with E-state index in [2.05, 4.69) is 20.7 Å². The van der Waals surface area contributed by atoms with Gasteiger partial charge in [0.1, 0.15) is 6.04 Å². The molecule has 0 aliphatic heterocycles. The number of benzene rings is 1. The summed E-state index contributed by atoms with van der Waals surface area (Å²) in [7, 11) is 0. The first kappa shape index (κ1) is 13.5. The number of carbonyl (C=O) groups excluding carboxylic acids is 1. The Balaban J connectivity index is 2.09. The molecule has 0 radical (unpaired) electrons. The van der Waals surface area contributed by atoms with Crippen LogP contribution in [0.5, 0.6) is 0 Å². The second kappa shape index (κ2) is 5.83. The van der Waals surface area contributed by atoms with Crippen LogP contribution in [0.15, 0.2) is 30.3 Å². The molecule has 1 unspecified atom stereocenters. The van der Waals surface area contributed by atoms with E-state index in [1.165, 1.54) is 0 Å². The topological polar surface area (TPSA) is 134 Å². The third-order valence-corrected chi connectivity index (χ3v) is 2.68. The van der Waals surface area contributed by atoms with Crippen LogP contribution in [0.25, 0.3) is 0 Å². The van der Waals surface area contributed by atoms with E-state index in [0.717, 1.165) is 5.56 Å². The lowest BCUT2D eigenvalue weighted by Gasteiger charge is -2.13. The number of carboxylic acid groups (broad SMARTS) is 1. The smallest absolute Gasteiger partial charge is 0.326 e. The van der Waals surface area contributed by atoms with E-state index in [0.29, 0.717) is 0 Å². The fourth-order valence-electron chi connectivity index (χ4n) is 1.68. The van der Waals surface area contributed by atoms with Gasteiger partial charge >= 0.3 is 5.97 Å². The number of hydrogen-bond donors (Lipinski definition) is 4. The summed E-state index contributed by atoms with van der Waals surface area (Å²) in [5.41, 5.74) is 6.11. The number of anilines is 1. The fraction of sp³-hybridized carbons (Fsp3) is 0.167. The second-order valence-corrected chi connectivity index (χ2v) is 4.11. The summed E-state index contributed by atoms with van der Waals surface area (Å²) < 4.78 is 0. The molecule has 1 aromatic carbocycles. The quantitative estimate of drug-likeness (QED) is 0.597. The molecular weight excluding hydrogens is 262 g/mol. The first-order valence-electron chi connectivity index (χ1n) is 5.81. The minimum Gasteiger partial charge on any atom is -0.480 e. The standard InChI is InChI=1S/C12H13N5O3/c13-10-9(15-17-16-10)11(18)14-8(12(19)20)6-7-4-2-1-3-5-7/h1-5,8H,6H2,(H,14,18)(H,19,20)(H3,13,15,16,17). The Labute approximate surface area is 114 Å². The van der Waals surface area contributed by atoms with Crippen molar-refractivity contribution in [2.24, 2.45) is 0 Å². The van der Waals surface area contributed by atoms with Gasteiger partial charge in [-0.2, -0.15) is 5.21 Å². The SMILES string of the molecule is Nc1n[nH]nc1C(=O)NC(Cc1ccccc1)C(=O)O. The largest absolute Gasteiger partial charge is 0.480 e.